The van der Waals surface area contributed by atoms with E-state index in [-0.39, 0.29) is 32.7 Å². The first-order valence-electron chi connectivity index (χ1n) is 5.43. The lowest BCUT2D eigenvalue weighted by Gasteiger charge is -2.13. The van der Waals surface area contributed by atoms with Crippen molar-refractivity contribution >= 4 is 46.2 Å². The van der Waals surface area contributed by atoms with Crippen LogP contribution >= 0.6 is 23.2 Å². The number of carbonyl (C=O) groups is 1. The Bertz CT molecular complexity index is 692. The van der Waals surface area contributed by atoms with Gasteiger partial charge in [-0.15, -0.1) is 0 Å². The quantitative estimate of drug-likeness (QED) is 0.744. The molecule has 0 fully saturated rings. The standard InChI is InChI=1S/C13H9Cl2FN2O2/c14-8-2-1-3-10(11(8)16)18-12-7(13(19)20)4-6(17)5-9(12)15/h1-5,18H,17H2,(H,19,20). The van der Waals surface area contributed by atoms with E-state index in [0.717, 1.165) is 0 Å². The van der Waals surface area contributed by atoms with Gasteiger partial charge in [0.2, 0.25) is 0 Å². The normalized spacial score (nSPS) is 10.3. The number of hydrogen-bond donors (Lipinski definition) is 3. The third kappa shape index (κ3) is 2.79. The van der Waals surface area contributed by atoms with E-state index in [1.54, 1.807) is 0 Å². The second-order valence-electron chi connectivity index (χ2n) is 3.96. The predicted octanol–water partition coefficient (Wildman–Crippen LogP) is 4.16. The van der Waals surface area contributed by atoms with E-state index in [4.69, 9.17) is 34.0 Å². The molecule has 0 aliphatic carbocycles. The van der Waals surface area contributed by atoms with Crippen molar-refractivity contribution in [2.75, 3.05) is 11.1 Å². The number of carboxylic acids is 1. The minimum atomic E-state index is -1.23. The molecule has 0 aromatic heterocycles. The highest BCUT2D eigenvalue weighted by molar-refractivity contribution is 6.34. The summed E-state index contributed by atoms with van der Waals surface area (Å²) in [6.45, 7) is 0. The molecule has 7 heteroatoms. The van der Waals surface area contributed by atoms with Gasteiger partial charge in [0.1, 0.15) is 0 Å². The number of aromatic carboxylic acids is 1. The lowest BCUT2D eigenvalue weighted by molar-refractivity contribution is 0.0698. The van der Waals surface area contributed by atoms with Crippen molar-refractivity contribution in [3.63, 3.8) is 0 Å². The smallest absolute Gasteiger partial charge is 0.337 e. The molecule has 0 spiro atoms. The zero-order valence-electron chi connectivity index (χ0n) is 9.95. The number of halogens is 3. The lowest BCUT2D eigenvalue weighted by Crippen LogP contribution is -2.05. The van der Waals surface area contributed by atoms with E-state index in [1.807, 2.05) is 0 Å². The lowest BCUT2D eigenvalue weighted by atomic mass is 10.1. The number of carboxylic acid groups (broad SMARTS) is 1. The molecular formula is C13H9Cl2FN2O2. The van der Waals surface area contributed by atoms with Gasteiger partial charge in [-0.1, -0.05) is 29.3 Å². The highest BCUT2D eigenvalue weighted by Crippen LogP contribution is 2.33. The fourth-order valence-electron chi connectivity index (χ4n) is 1.66. The van der Waals surface area contributed by atoms with E-state index < -0.39 is 11.8 Å². The van der Waals surface area contributed by atoms with Crippen molar-refractivity contribution in [1.29, 1.82) is 0 Å². The SMILES string of the molecule is Nc1cc(Cl)c(Nc2cccc(Cl)c2F)c(C(=O)O)c1. The Morgan fingerprint density at radius 2 is 1.95 bits per heavy atom. The van der Waals surface area contributed by atoms with Gasteiger partial charge in [-0.25, -0.2) is 9.18 Å². The van der Waals surface area contributed by atoms with Crippen LogP contribution in [0.4, 0.5) is 21.5 Å². The van der Waals surface area contributed by atoms with E-state index >= 15 is 0 Å². The highest BCUT2D eigenvalue weighted by atomic mass is 35.5. The van der Waals surface area contributed by atoms with Crippen LogP contribution in [-0.2, 0) is 0 Å². The van der Waals surface area contributed by atoms with Gasteiger partial charge in [-0.05, 0) is 24.3 Å². The van der Waals surface area contributed by atoms with Gasteiger partial charge in [-0.2, -0.15) is 0 Å². The van der Waals surface area contributed by atoms with E-state index in [0.29, 0.717) is 0 Å². The van der Waals surface area contributed by atoms with E-state index in [2.05, 4.69) is 5.32 Å². The second kappa shape index (κ2) is 5.56. The fourth-order valence-corrected chi connectivity index (χ4v) is 2.11. The monoisotopic (exact) mass is 314 g/mol. The summed E-state index contributed by atoms with van der Waals surface area (Å²) in [6, 6.07) is 6.93. The molecule has 2 rings (SSSR count). The van der Waals surface area contributed by atoms with Gasteiger partial charge in [0.15, 0.2) is 5.82 Å². The molecule has 0 aliphatic heterocycles. The molecule has 0 unspecified atom stereocenters. The van der Waals surface area contributed by atoms with Crippen LogP contribution in [0, 0.1) is 5.82 Å². The molecule has 0 amide bonds. The van der Waals surface area contributed by atoms with Crippen LogP contribution in [0.5, 0.6) is 0 Å². The Morgan fingerprint density at radius 3 is 2.60 bits per heavy atom. The van der Waals surface area contributed by atoms with Crippen molar-refractivity contribution in [2.24, 2.45) is 0 Å². The first-order chi connectivity index (χ1) is 9.40. The molecule has 0 radical (unpaired) electrons. The number of benzene rings is 2. The molecule has 4 nitrogen and oxygen atoms in total. The van der Waals surface area contributed by atoms with Crippen LogP contribution in [0.3, 0.4) is 0 Å². The minimum Gasteiger partial charge on any atom is -0.478 e. The maximum absolute atomic E-state index is 13.8. The molecule has 0 bridgehead atoms. The Hall–Kier alpha value is -1.98. The topological polar surface area (TPSA) is 75.3 Å². The first kappa shape index (κ1) is 14.4. The van der Waals surface area contributed by atoms with Gasteiger partial charge < -0.3 is 16.2 Å². The molecule has 104 valence electrons. The highest BCUT2D eigenvalue weighted by Gasteiger charge is 2.17. The van der Waals surface area contributed by atoms with Crippen molar-refractivity contribution in [3.05, 3.63) is 51.8 Å². The number of nitrogens with one attached hydrogen (secondary N) is 1. The van der Waals surface area contributed by atoms with Gasteiger partial charge in [0.05, 0.1) is 27.0 Å². The number of anilines is 3. The van der Waals surface area contributed by atoms with Crippen molar-refractivity contribution < 1.29 is 14.3 Å². The number of hydrogen-bond acceptors (Lipinski definition) is 3. The number of nitrogens with two attached hydrogens (primary N) is 1. The zero-order chi connectivity index (χ0) is 14.9. The number of nitrogen functional groups attached to an aromatic ring is 1. The second-order valence-corrected chi connectivity index (χ2v) is 4.77. The largest absolute Gasteiger partial charge is 0.478 e. The Morgan fingerprint density at radius 1 is 1.25 bits per heavy atom. The summed E-state index contributed by atoms with van der Waals surface area (Å²) in [5.41, 5.74) is 5.65. The first-order valence-corrected chi connectivity index (χ1v) is 6.19. The van der Waals surface area contributed by atoms with Crippen LogP contribution < -0.4 is 11.1 Å². The minimum absolute atomic E-state index is 0.0201. The number of rotatable bonds is 3. The zero-order valence-corrected chi connectivity index (χ0v) is 11.5. The molecule has 0 heterocycles. The summed E-state index contributed by atoms with van der Waals surface area (Å²) in [6.07, 6.45) is 0. The molecule has 4 N–H and O–H groups in total. The molecule has 2 aromatic rings. The molecule has 0 saturated heterocycles. The summed E-state index contributed by atoms with van der Waals surface area (Å²) in [5, 5.41) is 11.8. The van der Waals surface area contributed by atoms with Gasteiger partial charge in [0, 0.05) is 5.69 Å². The fraction of sp³-hybridized carbons (Fsp3) is 0. The Labute approximate surface area is 123 Å². The third-order valence-corrected chi connectivity index (χ3v) is 3.14. The third-order valence-electron chi connectivity index (χ3n) is 2.55. The molecule has 0 atom stereocenters. The average Bonchev–Trinajstić information content (AvgIpc) is 2.37. The van der Waals surface area contributed by atoms with Crippen LogP contribution in [0.25, 0.3) is 0 Å². The summed E-state index contributed by atoms with van der Waals surface area (Å²) in [4.78, 5) is 11.2. The van der Waals surface area contributed by atoms with Gasteiger partial charge >= 0.3 is 5.97 Å². The Balaban J connectivity index is 2.53. The summed E-state index contributed by atoms with van der Waals surface area (Å²) in [7, 11) is 0. The maximum atomic E-state index is 13.8. The van der Waals surface area contributed by atoms with Crippen molar-refractivity contribution in [2.45, 2.75) is 0 Å². The summed E-state index contributed by atoms with van der Waals surface area (Å²) >= 11 is 11.6. The maximum Gasteiger partial charge on any atom is 0.337 e. The van der Waals surface area contributed by atoms with Crippen LogP contribution in [-0.4, -0.2) is 11.1 Å². The molecular weight excluding hydrogens is 306 g/mol. The summed E-state index contributed by atoms with van der Waals surface area (Å²) in [5.74, 6) is -1.93. The van der Waals surface area contributed by atoms with Gasteiger partial charge in [0.25, 0.3) is 0 Å². The predicted molar refractivity (Wildman–Crippen MR) is 77.5 cm³/mol. The molecule has 2 aromatic carbocycles. The molecule has 20 heavy (non-hydrogen) atoms. The summed E-state index contributed by atoms with van der Waals surface area (Å²) < 4.78 is 13.8. The van der Waals surface area contributed by atoms with Crippen molar-refractivity contribution in [3.8, 4) is 0 Å². The average molecular weight is 315 g/mol. The van der Waals surface area contributed by atoms with E-state index in [1.165, 1.54) is 30.3 Å². The van der Waals surface area contributed by atoms with Crippen LogP contribution in [0.2, 0.25) is 10.0 Å². The van der Waals surface area contributed by atoms with Crippen LogP contribution in [0.1, 0.15) is 10.4 Å². The Kier molecular flexibility index (Phi) is 4.01. The van der Waals surface area contributed by atoms with Gasteiger partial charge in [-0.3, -0.25) is 0 Å². The molecule has 0 aliphatic rings. The van der Waals surface area contributed by atoms with Crippen LogP contribution in [0.15, 0.2) is 30.3 Å². The van der Waals surface area contributed by atoms with E-state index in [9.17, 15) is 9.18 Å². The molecule has 0 saturated carbocycles. The van der Waals surface area contributed by atoms with Crippen molar-refractivity contribution in [1.82, 2.24) is 0 Å².